The average Bonchev–Trinajstić information content (AvgIpc) is 2.75. The van der Waals surface area contributed by atoms with Gasteiger partial charge in [-0.1, -0.05) is 32.0 Å². The number of para-hydroxylation sites is 1. The summed E-state index contributed by atoms with van der Waals surface area (Å²) in [5.41, 5.74) is 0.457. The Kier molecular flexibility index (Phi) is 3.74. The van der Waals surface area contributed by atoms with Gasteiger partial charge in [0.25, 0.3) is 0 Å². The van der Waals surface area contributed by atoms with Crippen LogP contribution in [0.1, 0.15) is 20.4 Å². The van der Waals surface area contributed by atoms with Gasteiger partial charge in [-0.3, -0.25) is 4.57 Å². The number of benzene rings is 1. The Labute approximate surface area is 108 Å². The van der Waals surface area contributed by atoms with Gasteiger partial charge >= 0.3 is 6.55 Å². The first-order valence-corrected chi connectivity index (χ1v) is 6.01. The molecule has 0 bridgehead atoms. The summed E-state index contributed by atoms with van der Waals surface area (Å²) in [7, 11) is 0. The molecule has 0 unspecified atom stereocenters. The second-order valence-corrected chi connectivity index (χ2v) is 3.69. The van der Waals surface area contributed by atoms with Crippen molar-refractivity contribution in [1.29, 1.82) is 0 Å². The molecule has 2 nitrogen and oxygen atoms in total. The standard InChI is InChI=1S/C12H7F3N2.C2H6/c13-7-5-9-8-3-1-2-4-10(8)17(12(14)15)11(9)16-6-7;1-2/h1-6,12H;1-2H3. The van der Waals surface area contributed by atoms with Gasteiger partial charge < -0.3 is 0 Å². The average molecular weight is 266 g/mol. The fourth-order valence-electron chi connectivity index (χ4n) is 2.05. The highest BCUT2D eigenvalue weighted by atomic mass is 19.3. The molecule has 0 amide bonds. The van der Waals surface area contributed by atoms with Crippen LogP contribution in [0.5, 0.6) is 0 Å². The van der Waals surface area contributed by atoms with Crippen molar-refractivity contribution in [2.45, 2.75) is 20.4 Å². The first kappa shape index (κ1) is 13.4. The minimum absolute atomic E-state index is 0.0996. The lowest BCUT2D eigenvalue weighted by molar-refractivity contribution is 0.0791. The second kappa shape index (κ2) is 5.30. The molecule has 0 aliphatic rings. The molecule has 5 heteroatoms. The van der Waals surface area contributed by atoms with E-state index in [1.807, 2.05) is 13.8 Å². The molecule has 1 aromatic carbocycles. The van der Waals surface area contributed by atoms with Gasteiger partial charge in [-0.15, -0.1) is 0 Å². The Bertz CT molecular complexity index is 704. The highest BCUT2D eigenvalue weighted by Gasteiger charge is 2.17. The molecule has 0 N–H and O–H groups in total. The summed E-state index contributed by atoms with van der Waals surface area (Å²) in [4.78, 5) is 3.75. The zero-order chi connectivity index (χ0) is 14.0. The van der Waals surface area contributed by atoms with E-state index in [0.717, 1.165) is 10.8 Å². The predicted molar refractivity (Wildman–Crippen MR) is 69.8 cm³/mol. The highest BCUT2D eigenvalue weighted by molar-refractivity contribution is 6.06. The van der Waals surface area contributed by atoms with Crippen molar-refractivity contribution in [2.24, 2.45) is 0 Å². The number of alkyl halides is 2. The number of pyridine rings is 1. The van der Waals surface area contributed by atoms with Crippen molar-refractivity contribution in [1.82, 2.24) is 9.55 Å². The fourth-order valence-corrected chi connectivity index (χ4v) is 2.05. The van der Waals surface area contributed by atoms with Gasteiger partial charge in [-0.2, -0.15) is 8.78 Å². The fraction of sp³-hybridized carbons (Fsp3) is 0.214. The van der Waals surface area contributed by atoms with Crippen LogP contribution >= 0.6 is 0 Å². The molecule has 19 heavy (non-hydrogen) atoms. The van der Waals surface area contributed by atoms with E-state index in [9.17, 15) is 13.2 Å². The van der Waals surface area contributed by atoms with Crippen molar-refractivity contribution >= 4 is 21.9 Å². The zero-order valence-electron chi connectivity index (χ0n) is 10.6. The van der Waals surface area contributed by atoms with Gasteiger partial charge in [0.05, 0.1) is 11.7 Å². The van der Waals surface area contributed by atoms with Crippen molar-refractivity contribution < 1.29 is 13.2 Å². The molecule has 0 aliphatic heterocycles. The molecule has 3 rings (SSSR count). The number of fused-ring (bicyclic) bond motifs is 3. The lowest BCUT2D eigenvalue weighted by Crippen LogP contribution is -1.98. The lowest BCUT2D eigenvalue weighted by Gasteiger charge is -2.03. The SMILES string of the molecule is CC.Fc1cnc2c(c1)c1ccccc1n2C(F)F. The zero-order valence-corrected chi connectivity index (χ0v) is 10.6. The minimum Gasteiger partial charge on any atom is -0.268 e. The molecule has 0 radical (unpaired) electrons. The van der Waals surface area contributed by atoms with Gasteiger partial charge in [-0.25, -0.2) is 9.37 Å². The number of hydrogen-bond acceptors (Lipinski definition) is 1. The Morgan fingerprint density at radius 1 is 1.11 bits per heavy atom. The quantitative estimate of drug-likeness (QED) is 0.621. The summed E-state index contributed by atoms with van der Waals surface area (Å²) in [6, 6.07) is 7.86. The highest BCUT2D eigenvalue weighted by Crippen LogP contribution is 2.31. The van der Waals surface area contributed by atoms with E-state index in [1.54, 1.807) is 24.3 Å². The molecule has 0 saturated carbocycles. The molecule has 2 aromatic heterocycles. The van der Waals surface area contributed by atoms with E-state index in [4.69, 9.17) is 0 Å². The van der Waals surface area contributed by atoms with Crippen molar-refractivity contribution in [3.8, 4) is 0 Å². The van der Waals surface area contributed by atoms with Crippen LogP contribution < -0.4 is 0 Å². The third kappa shape index (κ3) is 2.16. The Morgan fingerprint density at radius 3 is 2.47 bits per heavy atom. The van der Waals surface area contributed by atoms with Gasteiger partial charge in [0.15, 0.2) is 0 Å². The van der Waals surface area contributed by atoms with Gasteiger partial charge in [0.2, 0.25) is 0 Å². The van der Waals surface area contributed by atoms with Crippen LogP contribution in [0.25, 0.3) is 21.9 Å². The second-order valence-electron chi connectivity index (χ2n) is 3.69. The number of nitrogens with zero attached hydrogens (tertiary/aromatic N) is 2. The Morgan fingerprint density at radius 2 is 1.79 bits per heavy atom. The maximum absolute atomic E-state index is 13.1. The van der Waals surface area contributed by atoms with E-state index in [1.165, 1.54) is 6.07 Å². The van der Waals surface area contributed by atoms with Crippen LogP contribution in [0.15, 0.2) is 36.5 Å². The molecular weight excluding hydrogens is 253 g/mol. The van der Waals surface area contributed by atoms with Crippen LogP contribution in [0, 0.1) is 5.82 Å². The monoisotopic (exact) mass is 266 g/mol. The molecule has 0 aliphatic carbocycles. The smallest absolute Gasteiger partial charge is 0.268 e. The third-order valence-corrected chi connectivity index (χ3v) is 2.71. The predicted octanol–water partition coefficient (Wildman–Crippen LogP) is 4.75. The molecule has 0 spiro atoms. The van der Waals surface area contributed by atoms with Crippen LogP contribution in [-0.2, 0) is 0 Å². The van der Waals surface area contributed by atoms with E-state index in [0.29, 0.717) is 16.3 Å². The molecule has 3 aromatic rings. The van der Waals surface area contributed by atoms with Crippen molar-refractivity contribution in [2.75, 3.05) is 0 Å². The Balaban J connectivity index is 0.000000637. The topological polar surface area (TPSA) is 17.8 Å². The molecule has 0 saturated heterocycles. The van der Waals surface area contributed by atoms with E-state index in [-0.39, 0.29) is 5.65 Å². The largest absolute Gasteiger partial charge is 0.320 e. The number of halogens is 3. The molecular formula is C14H13F3N2. The van der Waals surface area contributed by atoms with E-state index < -0.39 is 12.4 Å². The minimum atomic E-state index is -2.70. The van der Waals surface area contributed by atoms with Crippen LogP contribution in [0.2, 0.25) is 0 Å². The first-order chi connectivity index (χ1) is 9.18. The van der Waals surface area contributed by atoms with Crippen LogP contribution in [0.4, 0.5) is 13.2 Å². The summed E-state index contributed by atoms with van der Waals surface area (Å²) < 4.78 is 39.9. The third-order valence-electron chi connectivity index (χ3n) is 2.71. The summed E-state index contributed by atoms with van der Waals surface area (Å²) in [5, 5.41) is 0.982. The maximum Gasteiger partial charge on any atom is 0.320 e. The van der Waals surface area contributed by atoms with Gasteiger partial charge in [0.1, 0.15) is 11.5 Å². The molecule has 0 fully saturated rings. The van der Waals surface area contributed by atoms with Crippen molar-refractivity contribution in [3.05, 3.63) is 42.3 Å². The van der Waals surface area contributed by atoms with Crippen LogP contribution in [-0.4, -0.2) is 9.55 Å². The summed E-state index contributed by atoms with van der Waals surface area (Å²) in [5.74, 6) is -0.533. The summed E-state index contributed by atoms with van der Waals surface area (Å²) >= 11 is 0. The van der Waals surface area contributed by atoms with Crippen molar-refractivity contribution in [3.63, 3.8) is 0 Å². The molecule has 2 heterocycles. The van der Waals surface area contributed by atoms with Gasteiger partial charge in [0, 0.05) is 10.8 Å². The lowest BCUT2D eigenvalue weighted by atomic mass is 10.2. The summed E-state index contributed by atoms with van der Waals surface area (Å²) in [6.45, 7) is 1.30. The molecule has 0 atom stereocenters. The maximum atomic E-state index is 13.1. The normalized spacial score (nSPS) is 10.8. The van der Waals surface area contributed by atoms with E-state index in [2.05, 4.69) is 4.98 Å². The number of hydrogen-bond donors (Lipinski definition) is 0. The number of aromatic nitrogens is 2. The van der Waals surface area contributed by atoms with Crippen LogP contribution in [0.3, 0.4) is 0 Å². The Hall–Kier alpha value is -2.04. The van der Waals surface area contributed by atoms with E-state index >= 15 is 0 Å². The number of rotatable bonds is 1. The van der Waals surface area contributed by atoms with Gasteiger partial charge in [-0.05, 0) is 12.1 Å². The summed E-state index contributed by atoms with van der Waals surface area (Å²) in [6.07, 6.45) is 0.945. The molecule has 100 valence electrons. The first-order valence-electron chi connectivity index (χ1n) is 6.01.